The summed E-state index contributed by atoms with van der Waals surface area (Å²) in [5.41, 5.74) is -0.511. The van der Waals surface area contributed by atoms with Crippen molar-refractivity contribution in [3.8, 4) is 0 Å². The van der Waals surface area contributed by atoms with E-state index in [1.54, 1.807) is 0 Å². The van der Waals surface area contributed by atoms with Gasteiger partial charge in [0.15, 0.2) is 0 Å². The second-order valence-electron chi connectivity index (χ2n) is 5.31. The van der Waals surface area contributed by atoms with Crippen LogP contribution in [0.2, 0.25) is 0 Å². The van der Waals surface area contributed by atoms with Crippen molar-refractivity contribution in [3.63, 3.8) is 0 Å². The summed E-state index contributed by atoms with van der Waals surface area (Å²) >= 11 is 0. The zero-order valence-corrected chi connectivity index (χ0v) is 11.0. The Labute approximate surface area is 98.8 Å². The molecule has 16 heavy (non-hydrogen) atoms. The molecule has 0 spiro atoms. The van der Waals surface area contributed by atoms with Crippen LogP contribution in [0.1, 0.15) is 47.0 Å². The fourth-order valence-corrected chi connectivity index (χ4v) is 2.87. The molecule has 0 radical (unpaired) electrons. The zero-order valence-electron chi connectivity index (χ0n) is 11.0. The van der Waals surface area contributed by atoms with Crippen LogP contribution in [0, 0.1) is 11.3 Å². The van der Waals surface area contributed by atoms with Crippen molar-refractivity contribution in [2.75, 3.05) is 13.1 Å². The number of carboxylic acids is 1. The lowest BCUT2D eigenvalue weighted by molar-refractivity contribution is -0.151. The van der Waals surface area contributed by atoms with E-state index in [1.807, 2.05) is 13.8 Å². The molecule has 94 valence electrons. The van der Waals surface area contributed by atoms with Crippen LogP contribution in [0.5, 0.6) is 0 Å². The monoisotopic (exact) mass is 227 g/mol. The maximum atomic E-state index is 11.5. The van der Waals surface area contributed by atoms with Gasteiger partial charge in [-0.15, -0.1) is 0 Å². The molecule has 0 amide bonds. The minimum atomic E-state index is -0.615. The second kappa shape index (κ2) is 5.17. The highest BCUT2D eigenvalue weighted by Gasteiger charge is 2.48. The van der Waals surface area contributed by atoms with Gasteiger partial charge in [0.25, 0.3) is 0 Å². The number of rotatable bonds is 5. The van der Waals surface area contributed by atoms with Crippen molar-refractivity contribution in [2.24, 2.45) is 11.3 Å². The van der Waals surface area contributed by atoms with Crippen molar-refractivity contribution in [3.05, 3.63) is 0 Å². The molecule has 1 saturated heterocycles. The Bertz CT molecular complexity index is 248. The minimum absolute atomic E-state index is 0.212. The van der Waals surface area contributed by atoms with Crippen LogP contribution >= 0.6 is 0 Å². The normalized spacial score (nSPS) is 26.9. The van der Waals surface area contributed by atoms with Crippen LogP contribution in [0.25, 0.3) is 0 Å². The number of carbonyl (C=O) groups is 1. The lowest BCUT2D eigenvalue weighted by Gasteiger charge is -2.31. The lowest BCUT2D eigenvalue weighted by atomic mass is 9.76. The highest BCUT2D eigenvalue weighted by atomic mass is 16.4. The summed E-state index contributed by atoms with van der Waals surface area (Å²) < 4.78 is 0. The van der Waals surface area contributed by atoms with Crippen molar-refractivity contribution < 1.29 is 9.90 Å². The Morgan fingerprint density at radius 3 is 2.25 bits per heavy atom. The predicted octanol–water partition coefficient (Wildman–Crippen LogP) is 2.61. The number of nitrogens with zero attached hydrogens (tertiary/aromatic N) is 1. The van der Waals surface area contributed by atoms with E-state index in [-0.39, 0.29) is 5.92 Å². The Kier molecular flexibility index (Phi) is 4.36. The van der Waals surface area contributed by atoms with Gasteiger partial charge in [-0.25, -0.2) is 0 Å². The molecule has 0 bridgehead atoms. The van der Waals surface area contributed by atoms with Gasteiger partial charge in [-0.3, -0.25) is 9.69 Å². The predicted molar refractivity (Wildman–Crippen MR) is 65.5 cm³/mol. The van der Waals surface area contributed by atoms with Crippen LogP contribution in [-0.4, -0.2) is 35.1 Å². The van der Waals surface area contributed by atoms with Gasteiger partial charge >= 0.3 is 5.97 Å². The van der Waals surface area contributed by atoms with Crippen LogP contribution in [0.4, 0.5) is 0 Å². The molecule has 0 saturated carbocycles. The SMILES string of the molecule is CCC(CC)N1CCC(C(=O)O)(C(C)C)C1. The van der Waals surface area contributed by atoms with E-state index >= 15 is 0 Å². The van der Waals surface area contributed by atoms with Crippen LogP contribution in [0.3, 0.4) is 0 Å². The molecule has 1 N–H and O–H groups in total. The molecule has 1 aliphatic heterocycles. The summed E-state index contributed by atoms with van der Waals surface area (Å²) in [5, 5.41) is 9.45. The molecular weight excluding hydrogens is 202 g/mol. The van der Waals surface area contributed by atoms with Gasteiger partial charge in [-0.05, 0) is 31.7 Å². The minimum Gasteiger partial charge on any atom is -0.481 e. The first-order valence-corrected chi connectivity index (χ1v) is 6.45. The molecule has 0 aromatic carbocycles. The number of hydrogen-bond acceptors (Lipinski definition) is 2. The molecule has 1 aliphatic rings. The number of hydrogen-bond donors (Lipinski definition) is 1. The van der Waals surface area contributed by atoms with Crippen molar-refractivity contribution >= 4 is 5.97 Å². The quantitative estimate of drug-likeness (QED) is 0.785. The zero-order chi connectivity index (χ0) is 12.3. The molecule has 0 aromatic rings. The Hall–Kier alpha value is -0.570. The number of aliphatic carboxylic acids is 1. The largest absolute Gasteiger partial charge is 0.481 e. The van der Waals surface area contributed by atoms with Gasteiger partial charge in [-0.1, -0.05) is 27.7 Å². The molecular formula is C13H25NO2. The van der Waals surface area contributed by atoms with Crippen LogP contribution < -0.4 is 0 Å². The van der Waals surface area contributed by atoms with Gasteiger partial charge in [0.05, 0.1) is 5.41 Å². The third kappa shape index (κ3) is 2.24. The Morgan fingerprint density at radius 2 is 1.94 bits per heavy atom. The van der Waals surface area contributed by atoms with Crippen LogP contribution in [-0.2, 0) is 4.79 Å². The first-order valence-electron chi connectivity index (χ1n) is 6.45. The summed E-state index contributed by atoms with van der Waals surface area (Å²) in [6.45, 7) is 10.1. The summed E-state index contributed by atoms with van der Waals surface area (Å²) in [6.07, 6.45) is 3.03. The first kappa shape index (κ1) is 13.5. The first-order chi connectivity index (χ1) is 7.47. The smallest absolute Gasteiger partial charge is 0.311 e. The van der Waals surface area contributed by atoms with E-state index in [2.05, 4.69) is 18.7 Å². The van der Waals surface area contributed by atoms with Gasteiger partial charge in [0.1, 0.15) is 0 Å². The number of likely N-dealkylation sites (tertiary alicyclic amines) is 1. The van der Waals surface area contributed by atoms with E-state index < -0.39 is 11.4 Å². The van der Waals surface area contributed by atoms with Gasteiger partial charge in [0, 0.05) is 12.6 Å². The Morgan fingerprint density at radius 1 is 1.38 bits per heavy atom. The standard InChI is InChI=1S/C13H25NO2/c1-5-11(6-2)14-8-7-13(9-14,10(3)4)12(15)16/h10-11H,5-9H2,1-4H3,(H,15,16). The highest BCUT2D eigenvalue weighted by Crippen LogP contribution is 2.39. The molecule has 1 fully saturated rings. The van der Waals surface area contributed by atoms with Crippen molar-refractivity contribution in [1.82, 2.24) is 4.90 Å². The summed E-state index contributed by atoms with van der Waals surface area (Å²) in [4.78, 5) is 13.9. The van der Waals surface area contributed by atoms with Crippen molar-refractivity contribution in [2.45, 2.75) is 53.0 Å². The maximum absolute atomic E-state index is 11.5. The topological polar surface area (TPSA) is 40.5 Å². The van der Waals surface area contributed by atoms with E-state index in [1.165, 1.54) is 0 Å². The highest BCUT2D eigenvalue weighted by molar-refractivity contribution is 5.75. The molecule has 1 atom stereocenters. The molecule has 1 unspecified atom stereocenters. The fourth-order valence-electron chi connectivity index (χ4n) is 2.87. The van der Waals surface area contributed by atoms with Gasteiger partial charge in [0.2, 0.25) is 0 Å². The second-order valence-corrected chi connectivity index (χ2v) is 5.31. The Balaban J connectivity index is 2.78. The summed E-state index contributed by atoms with van der Waals surface area (Å²) in [6, 6.07) is 0.556. The average molecular weight is 227 g/mol. The number of carboxylic acid groups (broad SMARTS) is 1. The third-order valence-electron chi connectivity index (χ3n) is 4.32. The summed E-state index contributed by atoms with van der Waals surface area (Å²) in [7, 11) is 0. The van der Waals surface area contributed by atoms with Gasteiger partial charge < -0.3 is 5.11 Å². The lowest BCUT2D eigenvalue weighted by Crippen LogP contribution is -2.41. The van der Waals surface area contributed by atoms with Gasteiger partial charge in [-0.2, -0.15) is 0 Å². The van der Waals surface area contributed by atoms with Crippen LogP contribution in [0.15, 0.2) is 0 Å². The molecule has 3 nitrogen and oxygen atoms in total. The molecule has 1 heterocycles. The van der Waals surface area contributed by atoms with E-state index in [0.29, 0.717) is 6.04 Å². The third-order valence-corrected chi connectivity index (χ3v) is 4.32. The van der Waals surface area contributed by atoms with Crippen molar-refractivity contribution in [1.29, 1.82) is 0 Å². The molecule has 0 aliphatic carbocycles. The molecule has 0 aromatic heterocycles. The fraction of sp³-hybridized carbons (Fsp3) is 0.923. The summed E-state index contributed by atoms with van der Waals surface area (Å²) in [5.74, 6) is -0.402. The maximum Gasteiger partial charge on any atom is 0.311 e. The average Bonchev–Trinajstić information content (AvgIpc) is 2.66. The molecule has 1 rings (SSSR count). The van der Waals surface area contributed by atoms with E-state index in [0.717, 1.165) is 32.4 Å². The molecule has 3 heteroatoms. The van der Waals surface area contributed by atoms with E-state index in [9.17, 15) is 9.90 Å². The van der Waals surface area contributed by atoms with E-state index in [4.69, 9.17) is 0 Å².